The van der Waals surface area contributed by atoms with Gasteiger partial charge in [0.05, 0.1) is 6.54 Å². The quantitative estimate of drug-likeness (QED) is 0.336. The average Bonchev–Trinajstić information content (AvgIpc) is 3.64. The van der Waals surface area contributed by atoms with Crippen LogP contribution in [0, 0.1) is 5.82 Å². The van der Waals surface area contributed by atoms with Crippen molar-refractivity contribution in [1.82, 2.24) is 39.3 Å². The molecular formula is C26H27FN8O. The molecule has 0 unspecified atom stereocenters. The molecule has 1 N–H and O–H groups in total. The number of aromatic amines is 1. The molecule has 4 heterocycles. The second kappa shape index (κ2) is 10.1. The number of tetrazole rings is 1. The van der Waals surface area contributed by atoms with Crippen LogP contribution in [0.15, 0.2) is 66.0 Å². The van der Waals surface area contributed by atoms with E-state index in [0.29, 0.717) is 18.9 Å². The highest BCUT2D eigenvalue weighted by molar-refractivity contribution is 5.69. The van der Waals surface area contributed by atoms with Gasteiger partial charge in [0.2, 0.25) is 5.82 Å². The van der Waals surface area contributed by atoms with E-state index in [-0.39, 0.29) is 11.5 Å². The summed E-state index contributed by atoms with van der Waals surface area (Å²) in [5, 5.41) is 14.1. The van der Waals surface area contributed by atoms with Crippen LogP contribution in [0.2, 0.25) is 0 Å². The number of pyridine rings is 1. The third-order valence-electron chi connectivity index (χ3n) is 6.34. The third kappa shape index (κ3) is 4.37. The minimum atomic E-state index is -0.415. The largest absolute Gasteiger partial charge is 0.334 e. The number of rotatable bonds is 9. The molecular weight excluding hydrogens is 459 g/mol. The van der Waals surface area contributed by atoms with E-state index in [9.17, 15) is 9.18 Å². The molecule has 5 aromatic rings. The molecule has 4 aromatic heterocycles. The summed E-state index contributed by atoms with van der Waals surface area (Å²) in [5.41, 5.74) is 4.29. The van der Waals surface area contributed by atoms with E-state index in [1.54, 1.807) is 33.9 Å². The van der Waals surface area contributed by atoms with Gasteiger partial charge in [0.1, 0.15) is 0 Å². The van der Waals surface area contributed by atoms with E-state index < -0.39 is 5.82 Å². The Bertz CT molecular complexity index is 1510. The van der Waals surface area contributed by atoms with Gasteiger partial charge in [0.15, 0.2) is 11.6 Å². The Labute approximate surface area is 207 Å². The van der Waals surface area contributed by atoms with Crippen molar-refractivity contribution in [3.05, 3.63) is 88.7 Å². The lowest BCUT2D eigenvalue weighted by Gasteiger charge is -2.12. The Morgan fingerprint density at radius 3 is 2.58 bits per heavy atom. The molecule has 0 saturated heterocycles. The predicted molar refractivity (Wildman–Crippen MR) is 134 cm³/mol. The van der Waals surface area contributed by atoms with Crippen LogP contribution in [0.5, 0.6) is 0 Å². The van der Waals surface area contributed by atoms with Crippen LogP contribution >= 0.6 is 0 Å². The zero-order valence-electron chi connectivity index (χ0n) is 20.2. The van der Waals surface area contributed by atoms with Crippen LogP contribution in [0.4, 0.5) is 4.39 Å². The van der Waals surface area contributed by atoms with Crippen LogP contribution < -0.4 is 5.69 Å². The summed E-state index contributed by atoms with van der Waals surface area (Å²) in [5.74, 6) is 0.374. The van der Waals surface area contributed by atoms with Crippen molar-refractivity contribution < 1.29 is 4.39 Å². The zero-order valence-corrected chi connectivity index (χ0v) is 20.2. The van der Waals surface area contributed by atoms with Gasteiger partial charge in [0, 0.05) is 42.6 Å². The van der Waals surface area contributed by atoms with Gasteiger partial charge < -0.3 is 4.57 Å². The molecule has 0 aliphatic rings. The molecule has 5 rings (SSSR count). The number of nitrogens with one attached hydrogen (secondary N) is 1. The van der Waals surface area contributed by atoms with Gasteiger partial charge in [-0.3, -0.25) is 14.1 Å². The number of imidazole rings is 1. The molecule has 0 bridgehead atoms. The SMILES string of the molecule is CCCCc1cn(-c2c(F)ccn2CC)c(=O)n1Cc1cnccc1-c1ccc(-c2nn[nH]n2)cc1. The van der Waals surface area contributed by atoms with Crippen molar-refractivity contribution in [2.24, 2.45) is 0 Å². The van der Waals surface area contributed by atoms with E-state index in [1.165, 1.54) is 10.6 Å². The van der Waals surface area contributed by atoms with E-state index in [4.69, 9.17) is 0 Å². The number of aromatic nitrogens is 8. The van der Waals surface area contributed by atoms with Gasteiger partial charge in [-0.15, -0.1) is 10.2 Å². The normalized spacial score (nSPS) is 11.3. The number of benzene rings is 1. The molecule has 1 aromatic carbocycles. The standard InChI is InChI=1S/C26H27FN8O/c1-3-5-6-21-17-35(25-23(27)12-14-33(25)4-2)26(36)34(21)16-20-15-28-13-11-22(20)18-7-9-19(10-8-18)24-29-31-32-30-24/h7-15,17H,3-6,16H2,1-2H3,(H,29,30,31,32). The molecule has 0 atom stereocenters. The van der Waals surface area contributed by atoms with Crippen molar-refractivity contribution in [2.45, 2.75) is 46.2 Å². The fourth-order valence-corrected chi connectivity index (χ4v) is 4.44. The van der Waals surface area contributed by atoms with Crippen molar-refractivity contribution in [3.8, 4) is 28.3 Å². The summed E-state index contributed by atoms with van der Waals surface area (Å²) in [7, 11) is 0. The van der Waals surface area contributed by atoms with E-state index in [0.717, 1.165) is 47.2 Å². The van der Waals surface area contributed by atoms with E-state index in [2.05, 4.69) is 32.5 Å². The summed E-state index contributed by atoms with van der Waals surface area (Å²) in [6.45, 7) is 4.93. The summed E-state index contributed by atoms with van der Waals surface area (Å²) < 4.78 is 19.6. The highest BCUT2D eigenvalue weighted by atomic mass is 19.1. The number of halogens is 1. The zero-order chi connectivity index (χ0) is 25.1. The number of aryl methyl sites for hydroxylation is 2. The van der Waals surface area contributed by atoms with Crippen molar-refractivity contribution >= 4 is 0 Å². The molecule has 0 aliphatic carbocycles. The van der Waals surface area contributed by atoms with Gasteiger partial charge in [-0.05, 0) is 53.8 Å². The number of hydrogen-bond acceptors (Lipinski definition) is 5. The van der Waals surface area contributed by atoms with Crippen molar-refractivity contribution in [1.29, 1.82) is 0 Å². The lowest BCUT2D eigenvalue weighted by molar-refractivity contribution is 0.595. The number of nitrogens with zero attached hydrogens (tertiary/aromatic N) is 7. The smallest absolute Gasteiger partial charge is 0.332 e. The molecule has 0 radical (unpaired) electrons. The Morgan fingerprint density at radius 2 is 1.86 bits per heavy atom. The van der Waals surface area contributed by atoms with Crippen LogP contribution in [-0.4, -0.2) is 39.3 Å². The molecule has 0 saturated carbocycles. The number of hydrogen-bond donors (Lipinski definition) is 1. The lowest BCUT2D eigenvalue weighted by Crippen LogP contribution is -2.26. The Morgan fingerprint density at radius 1 is 1.06 bits per heavy atom. The minimum Gasteiger partial charge on any atom is -0.332 e. The first-order chi connectivity index (χ1) is 17.6. The van der Waals surface area contributed by atoms with Crippen molar-refractivity contribution in [3.63, 3.8) is 0 Å². The Balaban J connectivity index is 1.54. The maximum absolute atomic E-state index is 14.7. The molecule has 0 amide bonds. The van der Waals surface area contributed by atoms with Gasteiger partial charge in [-0.25, -0.2) is 9.18 Å². The Kier molecular flexibility index (Phi) is 6.57. The molecule has 0 spiro atoms. The van der Waals surface area contributed by atoms with Crippen LogP contribution in [0.25, 0.3) is 28.3 Å². The Hall–Kier alpha value is -4.34. The monoisotopic (exact) mass is 486 g/mol. The first-order valence-electron chi connectivity index (χ1n) is 12.0. The third-order valence-corrected chi connectivity index (χ3v) is 6.34. The molecule has 9 nitrogen and oxygen atoms in total. The maximum Gasteiger partial charge on any atom is 0.334 e. The van der Waals surface area contributed by atoms with Crippen LogP contribution in [0.3, 0.4) is 0 Å². The van der Waals surface area contributed by atoms with Gasteiger partial charge in [0.25, 0.3) is 0 Å². The highest BCUT2D eigenvalue weighted by Crippen LogP contribution is 2.26. The first kappa shape index (κ1) is 23.4. The number of H-pyrrole nitrogens is 1. The number of unbranched alkanes of at least 4 members (excludes halogenated alkanes) is 1. The highest BCUT2D eigenvalue weighted by Gasteiger charge is 2.19. The van der Waals surface area contributed by atoms with E-state index >= 15 is 0 Å². The van der Waals surface area contributed by atoms with Crippen molar-refractivity contribution in [2.75, 3.05) is 0 Å². The minimum absolute atomic E-state index is 0.266. The average molecular weight is 487 g/mol. The van der Waals surface area contributed by atoms with Gasteiger partial charge in [-0.2, -0.15) is 5.21 Å². The second-order valence-electron chi connectivity index (χ2n) is 8.58. The second-order valence-corrected chi connectivity index (χ2v) is 8.58. The molecule has 10 heteroatoms. The van der Waals surface area contributed by atoms with Crippen LogP contribution in [0.1, 0.15) is 37.9 Å². The molecule has 0 fully saturated rings. The predicted octanol–water partition coefficient (Wildman–Crippen LogP) is 4.23. The summed E-state index contributed by atoms with van der Waals surface area (Å²) >= 11 is 0. The van der Waals surface area contributed by atoms with Gasteiger partial charge >= 0.3 is 5.69 Å². The molecule has 0 aliphatic heterocycles. The van der Waals surface area contributed by atoms with Gasteiger partial charge in [-0.1, -0.05) is 37.6 Å². The van der Waals surface area contributed by atoms with Crippen LogP contribution in [-0.2, 0) is 19.5 Å². The fourth-order valence-electron chi connectivity index (χ4n) is 4.44. The lowest BCUT2D eigenvalue weighted by atomic mass is 10.00. The first-order valence-corrected chi connectivity index (χ1v) is 12.0. The fraction of sp³-hybridized carbons (Fsp3) is 0.269. The van der Waals surface area contributed by atoms with E-state index in [1.807, 2.05) is 37.3 Å². The molecule has 184 valence electrons. The molecule has 36 heavy (non-hydrogen) atoms. The summed E-state index contributed by atoms with van der Waals surface area (Å²) in [4.78, 5) is 17.9. The topological polar surface area (TPSA) is 99.2 Å². The summed E-state index contributed by atoms with van der Waals surface area (Å²) in [6.07, 6.45) is 9.60. The summed E-state index contributed by atoms with van der Waals surface area (Å²) in [6, 6.07) is 11.2. The maximum atomic E-state index is 14.7.